The van der Waals surface area contributed by atoms with Crippen molar-refractivity contribution in [3.05, 3.63) is 83.3 Å². The second-order valence-electron chi connectivity index (χ2n) is 9.54. The Labute approximate surface area is 204 Å². The van der Waals surface area contributed by atoms with E-state index in [4.69, 9.17) is 0 Å². The molecule has 0 aliphatic carbocycles. The average molecular weight is 475 g/mol. The maximum atomic E-state index is 13.3. The van der Waals surface area contributed by atoms with Crippen LogP contribution in [-0.2, 0) is 24.3 Å². The van der Waals surface area contributed by atoms with Crippen LogP contribution in [0.4, 0.5) is 4.39 Å². The predicted molar refractivity (Wildman–Crippen MR) is 133 cm³/mol. The molecule has 5 rings (SSSR count). The van der Waals surface area contributed by atoms with Gasteiger partial charge in [-0.05, 0) is 56.3 Å². The Bertz CT molecular complexity index is 1310. The highest BCUT2D eigenvalue weighted by Gasteiger charge is 2.32. The summed E-state index contributed by atoms with van der Waals surface area (Å²) < 4.78 is 15.4. The van der Waals surface area contributed by atoms with E-state index in [0.29, 0.717) is 25.2 Å². The third kappa shape index (κ3) is 5.12. The number of fused-ring (bicyclic) bond motifs is 1. The Morgan fingerprint density at radius 2 is 1.97 bits per heavy atom. The van der Waals surface area contributed by atoms with Crippen LogP contribution in [0.15, 0.2) is 54.7 Å². The number of para-hydroxylation sites is 1. The molecule has 1 fully saturated rings. The first kappa shape index (κ1) is 23.2. The maximum Gasteiger partial charge on any atom is 0.224 e. The molecule has 182 valence electrons. The molecule has 8 heteroatoms. The van der Waals surface area contributed by atoms with Crippen LogP contribution in [0.25, 0.3) is 10.9 Å². The van der Waals surface area contributed by atoms with Crippen LogP contribution >= 0.6 is 0 Å². The number of aromatic amines is 1. The fourth-order valence-electron chi connectivity index (χ4n) is 5.00. The number of carbonyl (C=O) groups excluding carboxylic acids is 1. The van der Waals surface area contributed by atoms with Gasteiger partial charge >= 0.3 is 0 Å². The molecule has 1 atom stereocenters. The van der Waals surface area contributed by atoms with E-state index in [1.165, 1.54) is 23.1 Å². The highest BCUT2D eigenvalue weighted by atomic mass is 19.1. The van der Waals surface area contributed by atoms with Gasteiger partial charge in [0.1, 0.15) is 11.6 Å². The van der Waals surface area contributed by atoms with Gasteiger partial charge < -0.3 is 14.4 Å². The number of hydrogen-bond acceptors (Lipinski definition) is 4. The van der Waals surface area contributed by atoms with Gasteiger partial charge in [-0.2, -0.15) is 5.10 Å². The monoisotopic (exact) mass is 474 g/mol. The van der Waals surface area contributed by atoms with Gasteiger partial charge in [-0.15, -0.1) is 0 Å². The molecule has 2 aromatic carbocycles. The number of benzene rings is 2. The second-order valence-corrected chi connectivity index (χ2v) is 9.54. The van der Waals surface area contributed by atoms with Crippen LogP contribution < -0.4 is 0 Å². The molecule has 1 N–H and O–H groups in total. The van der Waals surface area contributed by atoms with Crippen molar-refractivity contribution in [1.29, 1.82) is 0 Å². The minimum atomic E-state index is -0.256. The maximum absolute atomic E-state index is 13.3. The zero-order chi connectivity index (χ0) is 24.4. The molecule has 3 heterocycles. The Balaban J connectivity index is 1.26. The van der Waals surface area contributed by atoms with Crippen molar-refractivity contribution in [3.63, 3.8) is 0 Å². The van der Waals surface area contributed by atoms with Crippen molar-refractivity contribution in [2.45, 2.75) is 44.8 Å². The molecular weight excluding hydrogens is 443 g/mol. The number of nitrogens with one attached hydrogen (secondary N) is 1. The quantitative estimate of drug-likeness (QED) is 0.413. The third-order valence-electron chi connectivity index (χ3n) is 6.63. The van der Waals surface area contributed by atoms with E-state index in [1.54, 1.807) is 12.1 Å². The first-order valence-corrected chi connectivity index (χ1v) is 12.1. The number of aromatic nitrogens is 4. The number of carbonyl (C=O) groups is 1. The van der Waals surface area contributed by atoms with Gasteiger partial charge in [0.15, 0.2) is 5.82 Å². The molecular formula is C27H31FN6O. The first-order chi connectivity index (χ1) is 17.0. The molecule has 0 saturated carbocycles. The third-order valence-corrected chi connectivity index (χ3v) is 6.63. The van der Waals surface area contributed by atoms with Gasteiger partial charge in [0, 0.05) is 49.6 Å². The predicted octanol–water partition coefficient (Wildman–Crippen LogP) is 4.30. The number of rotatable bonds is 8. The molecule has 35 heavy (non-hydrogen) atoms. The largest absolute Gasteiger partial charge is 0.347 e. The molecule has 0 spiro atoms. The SMILES string of the molecule is CN(C)Cc1cn(CCC(=O)N2CCC[C@H]2c2n[nH]c(Cc3ccc(F)cc3)n2)c2ccccc12. The molecule has 1 aliphatic heterocycles. The number of amides is 1. The van der Waals surface area contributed by atoms with Crippen LogP contribution in [0.5, 0.6) is 0 Å². The summed E-state index contributed by atoms with van der Waals surface area (Å²) >= 11 is 0. The van der Waals surface area contributed by atoms with Crippen molar-refractivity contribution >= 4 is 16.8 Å². The van der Waals surface area contributed by atoms with Crippen LogP contribution in [-0.4, -0.2) is 56.1 Å². The van der Waals surface area contributed by atoms with Crippen LogP contribution in [0, 0.1) is 5.82 Å². The molecule has 1 saturated heterocycles. The van der Waals surface area contributed by atoms with E-state index in [2.05, 4.69) is 63.1 Å². The standard InChI is InChI=1S/C27H31FN6O/c1-32(2)17-20-18-33(23-7-4-3-6-22(20)23)15-13-26(35)34-14-5-8-24(34)27-29-25(30-31-27)16-19-9-11-21(28)12-10-19/h3-4,6-7,9-12,18,24H,5,8,13-17H2,1-2H3,(H,29,30,31)/t24-/m0/s1. The van der Waals surface area contributed by atoms with Crippen molar-refractivity contribution in [2.24, 2.45) is 0 Å². The summed E-state index contributed by atoms with van der Waals surface area (Å²) in [4.78, 5) is 22.0. The van der Waals surface area contributed by atoms with Crippen molar-refractivity contribution in [2.75, 3.05) is 20.6 Å². The van der Waals surface area contributed by atoms with E-state index in [0.717, 1.165) is 42.8 Å². The molecule has 1 aliphatic rings. The average Bonchev–Trinajstić information content (AvgIpc) is 3.58. The van der Waals surface area contributed by atoms with Gasteiger partial charge in [0.05, 0.1) is 6.04 Å². The van der Waals surface area contributed by atoms with Crippen molar-refractivity contribution in [1.82, 2.24) is 29.5 Å². The van der Waals surface area contributed by atoms with E-state index < -0.39 is 0 Å². The highest BCUT2D eigenvalue weighted by molar-refractivity contribution is 5.84. The van der Waals surface area contributed by atoms with E-state index in [-0.39, 0.29) is 17.8 Å². The lowest BCUT2D eigenvalue weighted by atomic mass is 10.1. The zero-order valence-electron chi connectivity index (χ0n) is 20.2. The molecule has 0 unspecified atom stereocenters. The molecule has 2 aromatic heterocycles. The summed E-state index contributed by atoms with van der Waals surface area (Å²) in [5.74, 6) is 1.25. The van der Waals surface area contributed by atoms with E-state index in [1.807, 2.05) is 11.0 Å². The topological polar surface area (TPSA) is 70.1 Å². The Kier molecular flexibility index (Phi) is 6.63. The van der Waals surface area contributed by atoms with Gasteiger partial charge in [-0.25, -0.2) is 9.37 Å². The highest BCUT2D eigenvalue weighted by Crippen LogP contribution is 2.31. The van der Waals surface area contributed by atoms with E-state index >= 15 is 0 Å². The fraction of sp³-hybridized carbons (Fsp3) is 0.370. The molecule has 4 aromatic rings. The lowest BCUT2D eigenvalue weighted by Gasteiger charge is -2.22. The number of nitrogens with zero attached hydrogens (tertiary/aromatic N) is 5. The van der Waals surface area contributed by atoms with Crippen LogP contribution in [0.1, 0.15) is 48.1 Å². The summed E-state index contributed by atoms with van der Waals surface area (Å²) in [7, 11) is 4.13. The number of aryl methyl sites for hydroxylation is 1. The minimum absolute atomic E-state index is 0.105. The minimum Gasteiger partial charge on any atom is -0.347 e. The smallest absolute Gasteiger partial charge is 0.224 e. The summed E-state index contributed by atoms with van der Waals surface area (Å²) in [5.41, 5.74) is 3.39. The molecule has 1 amide bonds. The Hall–Kier alpha value is -3.52. The second kappa shape index (κ2) is 10.00. The summed E-state index contributed by atoms with van der Waals surface area (Å²) in [5, 5.41) is 8.66. The van der Waals surface area contributed by atoms with Crippen LogP contribution in [0.3, 0.4) is 0 Å². The van der Waals surface area contributed by atoms with E-state index in [9.17, 15) is 9.18 Å². The van der Waals surface area contributed by atoms with Gasteiger partial charge in [-0.3, -0.25) is 9.89 Å². The number of H-pyrrole nitrogens is 1. The zero-order valence-corrected chi connectivity index (χ0v) is 20.2. The number of halogens is 1. The van der Waals surface area contributed by atoms with Gasteiger partial charge in [-0.1, -0.05) is 30.3 Å². The molecule has 7 nitrogen and oxygen atoms in total. The molecule has 0 radical (unpaired) electrons. The Morgan fingerprint density at radius 1 is 1.17 bits per heavy atom. The molecule has 0 bridgehead atoms. The number of likely N-dealkylation sites (tertiary alicyclic amines) is 1. The summed E-state index contributed by atoms with van der Waals surface area (Å²) in [6.45, 7) is 2.23. The Morgan fingerprint density at radius 3 is 2.77 bits per heavy atom. The van der Waals surface area contributed by atoms with Crippen molar-refractivity contribution < 1.29 is 9.18 Å². The van der Waals surface area contributed by atoms with Crippen LogP contribution in [0.2, 0.25) is 0 Å². The summed E-state index contributed by atoms with van der Waals surface area (Å²) in [6.07, 6.45) is 4.96. The summed E-state index contributed by atoms with van der Waals surface area (Å²) in [6, 6.07) is 14.7. The van der Waals surface area contributed by atoms with Gasteiger partial charge in [0.25, 0.3) is 0 Å². The van der Waals surface area contributed by atoms with Gasteiger partial charge in [0.2, 0.25) is 5.91 Å². The lowest BCUT2D eigenvalue weighted by molar-refractivity contribution is -0.132. The van der Waals surface area contributed by atoms with Crippen molar-refractivity contribution in [3.8, 4) is 0 Å². The fourth-order valence-corrected chi connectivity index (χ4v) is 5.00. The normalized spacial score (nSPS) is 16.0. The first-order valence-electron chi connectivity index (χ1n) is 12.1. The number of hydrogen-bond donors (Lipinski definition) is 1. The lowest BCUT2D eigenvalue weighted by Crippen LogP contribution is -2.31.